The number of halogens is 1. The lowest BCUT2D eigenvalue weighted by atomic mass is 9.70. The number of phenols is 2. The molecule has 0 spiro atoms. The summed E-state index contributed by atoms with van der Waals surface area (Å²) in [5, 5.41) is 44.5. The second kappa shape index (κ2) is 19.9. The lowest BCUT2D eigenvalue weighted by Gasteiger charge is -2.35. The van der Waals surface area contributed by atoms with E-state index in [0.29, 0.717) is 22.1 Å². The van der Waals surface area contributed by atoms with Crippen LogP contribution in [-0.2, 0) is 21.7 Å². The van der Waals surface area contributed by atoms with E-state index in [-0.39, 0.29) is 33.2 Å². The Morgan fingerprint density at radius 1 is 0.486 bits per heavy atom. The standard InChI is InChI=1S/C31H36ClN3OS.C31H36N4OS/c1-19-33-25-16-23(32)24(17-27(25)37-19)34-35-26-15-21(30(5,6)18-29(2,3)4)14-22(28(26)36)31(7,8)20-12-10-9-11-13-20;1-19-32-25-16-23-24(17-27(25)37-19)34-35(33-23)26-15-21(30(5,6)18-29(2,3)4)14-22(28(26)36)31(7,8)20-12-10-9-11-13-20/h2*9-17,36H,18H2,1-8H3. The van der Waals surface area contributed by atoms with Gasteiger partial charge in [-0.1, -0.05) is 181 Å². The van der Waals surface area contributed by atoms with Gasteiger partial charge in [0.25, 0.3) is 0 Å². The molecule has 0 bridgehead atoms. The Balaban J connectivity index is 0.000000197. The first-order valence-corrected chi connectivity index (χ1v) is 27.4. The lowest BCUT2D eigenvalue weighted by Crippen LogP contribution is -2.27. The van der Waals surface area contributed by atoms with Gasteiger partial charge in [0.05, 0.1) is 35.5 Å². The van der Waals surface area contributed by atoms with Crippen molar-refractivity contribution < 1.29 is 10.2 Å². The molecule has 74 heavy (non-hydrogen) atoms. The summed E-state index contributed by atoms with van der Waals surface area (Å²) < 4.78 is 2.10. The molecule has 2 N–H and O–H groups in total. The number of nitrogens with zero attached hydrogens (tertiary/aromatic N) is 7. The highest BCUT2D eigenvalue weighted by Gasteiger charge is 2.35. The van der Waals surface area contributed by atoms with Gasteiger partial charge in [0.1, 0.15) is 39.6 Å². The highest BCUT2D eigenvalue weighted by atomic mass is 35.5. The molecule has 0 aliphatic carbocycles. The number of aryl methyl sites for hydroxylation is 2. The third-order valence-corrected chi connectivity index (χ3v) is 16.2. The second-order valence-electron chi connectivity index (χ2n) is 24.7. The van der Waals surface area contributed by atoms with E-state index in [2.05, 4.69) is 160 Å². The van der Waals surface area contributed by atoms with Crippen molar-refractivity contribution >= 4 is 77.1 Å². The van der Waals surface area contributed by atoms with Crippen molar-refractivity contribution in [3.63, 3.8) is 0 Å². The van der Waals surface area contributed by atoms with Crippen LogP contribution in [-0.4, -0.2) is 35.2 Å². The molecular weight excluding hydrogens is 974 g/mol. The zero-order valence-electron chi connectivity index (χ0n) is 46.0. The lowest BCUT2D eigenvalue weighted by molar-refractivity contribution is 0.283. The predicted molar refractivity (Wildman–Crippen MR) is 311 cm³/mol. The molecule has 0 aliphatic heterocycles. The number of aromatic hydroxyl groups is 2. The number of rotatable bonds is 11. The summed E-state index contributed by atoms with van der Waals surface area (Å²) in [5.74, 6) is 0.346. The van der Waals surface area contributed by atoms with Gasteiger partial charge in [0.2, 0.25) is 0 Å². The summed E-state index contributed by atoms with van der Waals surface area (Å²) in [5.41, 5.74) is 10.3. The van der Waals surface area contributed by atoms with E-state index in [4.69, 9.17) is 21.8 Å². The van der Waals surface area contributed by atoms with Gasteiger partial charge in [-0.3, -0.25) is 0 Å². The molecule has 0 aliphatic rings. The summed E-state index contributed by atoms with van der Waals surface area (Å²) in [4.78, 5) is 10.7. The minimum Gasteiger partial charge on any atom is -0.505 e. The molecular formula is C62H72ClN7O2S2. The van der Waals surface area contributed by atoms with E-state index in [1.54, 1.807) is 27.5 Å². The average Bonchev–Trinajstić information content (AvgIpc) is 4.00. The van der Waals surface area contributed by atoms with E-state index in [9.17, 15) is 10.2 Å². The second-order valence-corrected chi connectivity index (χ2v) is 27.6. The van der Waals surface area contributed by atoms with Gasteiger partial charge < -0.3 is 10.2 Å². The van der Waals surface area contributed by atoms with Crippen LogP contribution in [0.2, 0.25) is 5.02 Å². The molecule has 0 fully saturated rings. The Hall–Kier alpha value is -6.01. The topological polar surface area (TPSA) is 122 Å². The quantitative estimate of drug-likeness (QED) is 0.124. The van der Waals surface area contributed by atoms with E-state index in [0.717, 1.165) is 87.7 Å². The van der Waals surface area contributed by atoms with Crippen LogP contribution in [0.15, 0.2) is 119 Å². The molecule has 9 nitrogen and oxygen atoms in total. The number of fused-ring (bicyclic) bond motifs is 3. The van der Waals surface area contributed by atoms with E-state index in [1.165, 1.54) is 0 Å². The number of hydrogen-bond acceptors (Lipinski definition) is 10. The molecule has 9 aromatic rings. The Morgan fingerprint density at radius 3 is 1.42 bits per heavy atom. The molecule has 386 valence electrons. The molecule has 0 saturated heterocycles. The van der Waals surface area contributed by atoms with Crippen molar-refractivity contribution in [3.05, 3.63) is 158 Å². The van der Waals surface area contributed by atoms with Crippen molar-refractivity contribution in [1.82, 2.24) is 25.0 Å². The van der Waals surface area contributed by atoms with Crippen LogP contribution in [0.25, 0.3) is 37.2 Å². The number of thiazole rings is 2. The predicted octanol–water partition coefficient (Wildman–Crippen LogP) is 18.5. The van der Waals surface area contributed by atoms with Gasteiger partial charge in [-0.05, 0) is 107 Å². The summed E-state index contributed by atoms with van der Waals surface area (Å²) in [6.45, 7) is 35.2. The molecule has 3 aromatic heterocycles. The van der Waals surface area contributed by atoms with Gasteiger partial charge in [0, 0.05) is 22.0 Å². The van der Waals surface area contributed by atoms with Crippen LogP contribution >= 0.6 is 34.3 Å². The third-order valence-electron chi connectivity index (χ3n) is 14.1. The summed E-state index contributed by atoms with van der Waals surface area (Å²) in [7, 11) is 0. The molecule has 3 heterocycles. The van der Waals surface area contributed by atoms with Gasteiger partial charge in [0.15, 0.2) is 0 Å². The van der Waals surface area contributed by atoms with Gasteiger partial charge in [-0.15, -0.1) is 47.9 Å². The van der Waals surface area contributed by atoms with Crippen molar-refractivity contribution in [2.24, 2.45) is 21.1 Å². The number of benzene rings is 6. The molecule has 0 radical (unpaired) electrons. The SMILES string of the molecule is Cc1nc2cc(Cl)c(N=Nc3cc(C(C)(C)CC(C)(C)C)cc(C(C)(C)c4ccccc4)c3O)cc2s1.Cc1nc2cc3nn(-c4cc(C(C)(C)CC(C)(C)C)cc(C(C)(C)c5ccccc5)c4O)nc3cc2s1. The van der Waals surface area contributed by atoms with Crippen LogP contribution in [0.1, 0.15) is 153 Å². The Bertz CT molecular complexity index is 3490. The van der Waals surface area contributed by atoms with E-state index in [1.807, 2.05) is 80.6 Å². The minimum atomic E-state index is -0.444. The molecule has 0 atom stereocenters. The zero-order valence-corrected chi connectivity index (χ0v) is 48.4. The average molecular weight is 1050 g/mol. The fourth-order valence-electron chi connectivity index (χ4n) is 10.9. The van der Waals surface area contributed by atoms with Gasteiger partial charge in [-0.25, -0.2) is 9.97 Å². The molecule has 9 rings (SSSR count). The van der Waals surface area contributed by atoms with Crippen LogP contribution in [0.5, 0.6) is 11.5 Å². The van der Waals surface area contributed by atoms with Crippen LogP contribution in [0.4, 0.5) is 11.4 Å². The Kier molecular flexibility index (Phi) is 14.6. The maximum Gasteiger partial charge on any atom is 0.147 e. The Morgan fingerprint density at radius 2 is 0.919 bits per heavy atom. The van der Waals surface area contributed by atoms with Crippen LogP contribution < -0.4 is 0 Å². The van der Waals surface area contributed by atoms with Crippen LogP contribution in [0, 0.1) is 24.7 Å². The first kappa shape index (κ1) is 54.3. The number of hydrogen-bond donors (Lipinski definition) is 2. The number of azo groups is 1. The highest BCUT2D eigenvalue weighted by Crippen LogP contribution is 2.48. The van der Waals surface area contributed by atoms with Crippen molar-refractivity contribution in [3.8, 4) is 17.2 Å². The number of phenolic OH excluding ortho intramolecular Hbond substituents is 2. The van der Waals surface area contributed by atoms with Crippen molar-refractivity contribution in [1.29, 1.82) is 0 Å². The van der Waals surface area contributed by atoms with Crippen LogP contribution in [0.3, 0.4) is 0 Å². The Labute approximate surface area is 450 Å². The minimum absolute atomic E-state index is 0.126. The monoisotopic (exact) mass is 1050 g/mol. The normalized spacial score (nSPS) is 13.1. The largest absolute Gasteiger partial charge is 0.505 e. The molecule has 0 unspecified atom stereocenters. The van der Waals surface area contributed by atoms with Gasteiger partial charge >= 0.3 is 0 Å². The highest BCUT2D eigenvalue weighted by molar-refractivity contribution is 7.18. The fourth-order valence-corrected chi connectivity index (χ4v) is 12.8. The summed E-state index contributed by atoms with van der Waals surface area (Å²) in [6.07, 6.45) is 1.96. The summed E-state index contributed by atoms with van der Waals surface area (Å²) >= 11 is 9.77. The van der Waals surface area contributed by atoms with E-state index >= 15 is 0 Å². The third kappa shape index (κ3) is 11.6. The van der Waals surface area contributed by atoms with Crippen molar-refractivity contribution in [2.45, 2.75) is 145 Å². The van der Waals surface area contributed by atoms with Crippen molar-refractivity contribution in [2.75, 3.05) is 0 Å². The smallest absolute Gasteiger partial charge is 0.147 e. The van der Waals surface area contributed by atoms with E-state index < -0.39 is 10.8 Å². The molecule has 0 amide bonds. The first-order chi connectivity index (χ1) is 34.4. The maximum absolute atomic E-state index is 11.8. The maximum atomic E-state index is 11.8. The zero-order chi connectivity index (χ0) is 53.9. The molecule has 0 saturated carbocycles. The first-order valence-electron chi connectivity index (χ1n) is 25.4. The molecule has 6 aromatic carbocycles. The van der Waals surface area contributed by atoms with Gasteiger partial charge in [-0.2, -0.15) is 0 Å². The molecule has 12 heteroatoms. The fraction of sp³-hybridized carbons (Fsp3) is 0.387. The summed E-state index contributed by atoms with van der Waals surface area (Å²) in [6, 6.07) is 36.7. The number of aromatic nitrogens is 5.